The number of carbonyl (C=O) groups excluding carboxylic acids is 1. The molecule has 5 nitrogen and oxygen atoms in total. The molecule has 3 rings (SSSR count). The van der Waals surface area contributed by atoms with Crippen molar-refractivity contribution in [2.45, 2.75) is 12.6 Å². The summed E-state index contributed by atoms with van der Waals surface area (Å²) in [7, 11) is 0. The fraction of sp³-hybridized carbons (Fsp3) is 0.133. The highest BCUT2D eigenvalue weighted by Crippen LogP contribution is 2.31. The molecule has 25 heavy (non-hydrogen) atoms. The number of nitrogens with one attached hydrogen (secondary N) is 1. The van der Waals surface area contributed by atoms with E-state index in [4.69, 9.17) is 11.6 Å². The van der Waals surface area contributed by atoms with Gasteiger partial charge < -0.3 is 0 Å². The number of benzene rings is 1. The number of aromatic nitrogens is 2. The van der Waals surface area contributed by atoms with Gasteiger partial charge >= 0.3 is 6.18 Å². The number of hydrogen-bond donors (Lipinski definition) is 1. The summed E-state index contributed by atoms with van der Waals surface area (Å²) in [5.74, 6) is -0.684. The minimum absolute atomic E-state index is 0.139. The zero-order valence-corrected chi connectivity index (χ0v) is 13.9. The molecule has 0 saturated carbocycles. The first kappa shape index (κ1) is 17.4. The van der Waals surface area contributed by atoms with E-state index in [0.717, 1.165) is 17.4 Å². The molecule has 1 aromatic carbocycles. The lowest BCUT2D eigenvalue weighted by molar-refractivity contribution is -0.141. The molecular formula is C15H9ClF3N3O2S. The summed E-state index contributed by atoms with van der Waals surface area (Å²) >= 11 is 6.92. The number of amides is 1. The number of halogens is 4. The molecule has 1 amide bonds. The van der Waals surface area contributed by atoms with Crippen LogP contribution >= 0.6 is 22.9 Å². The molecule has 0 bridgehead atoms. The van der Waals surface area contributed by atoms with Gasteiger partial charge in [0.2, 0.25) is 5.91 Å². The van der Waals surface area contributed by atoms with Crippen molar-refractivity contribution in [3.63, 3.8) is 0 Å². The molecular weight excluding hydrogens is 379 g/mol. The maximum absolute atomic E-state index is 13.2. The van der Waals surface area contributed by atoms with Gasteiger partial charge in [0, 0.05) is 10.3 Å². The lowest BCUT2D eigenvalue weighted by atomic mass is 10.1. The Hall–Kier alpha value is -2.39. The molecule has 0 atom stereocenters. The van der Waals surface area contributed by atoms with Crippen molar-refractivity contribution in [2.75, 3.05) is 5.43 Å². The predicted molar refractivity (Wildman–Crippen MR) is 88.4 cm³/mol. The second kappa shape index (κ2) is 6.49. The Morgan fingerprint density at radius 3 is 2.48 bits per heavy atom. The van der Waals surface area contributed by atoms with Crippen LogP contribution in [0.1, 0.15) is 10.6 Å². The zero-order valence-electron chi connectivity index (χ0n) is 12.3. The van der Waals surface area contributed by atoms with E-state index in [0.29, 0.717) is 14.0 Å². The van der Waals surface area contributed by atoms with Crippen molar-refractivity contribution < 1.29 is 18.0 Å². The topological polar surface area (TPSA) is 64.0 Å². The highest BCUT2D eigenvalue weighted by Gasteiger charge is 2.36. The van der Waals surface area contributed by atoms with Crippen LogP contribution in [0.2, 0.25) is 4.34 Å². The van der Waals surface area contributed by atoms with Crippen molar-refractivity contribution in [1.82, 2.24) is 9.89 Å². The molecule has 1 N–H and O–H groups in total. The molecule has 0 spiro atoms. The van der Waals surface area contributed by atoms with Gasteiger partial charge in [-0.25, -0.2) is 5.43 Å². The number of carbonyl (C=O) groups is 1. The van der Waals surface area contributed by atoms with E-state index in [1.165, 1.54) is 18.2 Å². The first-order valence-corrected chi connectivity index (χ1v) is 8.08. The minimum atomic E-state index is -4.78. The molecule has 0 aliphatic heterocycles. The largest absolute Gasteiger partial charge is 0.435 e. The second-order valence-corrected chi connectivity index (χ2v) is 6.83. The average Bonchev–Trinajstić information content (AvgIpc) is 2.94. The van der Waals surface area contributed by atoms with E-state index in [1.807, 2.05) is 0 Å². The third kappa shape index (κ3) is 3.67. The number of rotatable bonds is 3. The molecule has 0 aliphatic rings. The van der Waals surface area contributed by atoms with Gasteiger partial charge in [-0.2, -0.15) is 13.2 Å². The van der Waals surface area contributed by atoms with Crippen LogP contribution < -0.4 is 11.0 Å². The Morgan fingerprint density at radius 1 is 1.20 bits per heavy atom. The van der Waals surface area contributed by atoms with Crippen LogP contribution in [0.3, 0.4) is 0 Å². The standard InChI is InChI=1S/C15H9ClF3N3O2S/c16-11-6-5-8(25-11)7-12(23)20-22-14(24)10-4-2-1-3-9(10)13(21-22)15(17,18)19/h1-6H,7H2,(H,20,23). The maximum Gasteiger partial charge on any atom is 0.435 e. The van der Waals surface area contributed by atoms with Crippen LogP contribution in [-0.4, -0.2) is 15.8 Å². The van der Waals surface area contributed by atoms with E-state index in [1.54, 1.807) is 12.1 Å². The third-order valence-corrected chi connectivity index (χ3v) is 4.50. The number of nitrogens with zero attached hydrogens (tertiary/aromatic N) is 2. The number of thiophene rings is 1. The molecule has 2 aromatic heterocycles. The van der Waals surface area contributed by atoms with Gasteiger partial charge in [0.15, 0.2) is 5.69 Å². The van der Waals surface area contributed by atoms with Gasteiger partial charge in [-0.15, -0.1) is 21.2 Å². The number of alkyl halides is 3. The van der Waals surface area contributed by atoms with Crippen LogP contribution in [0.15, 0.2) is 41.2 Å². The molecule has 10 heteroatoms. The Balaban J connectivity index is 2.00. The highest BCUT2D eigenvalue weighted by atomic mass is 35.5. The van der Waals surface area contributed by atoms with Crippen molar-refractivity contribution in [3.8, 4) is 0 Å². The lowest BCUT2D eigenvalue weighted by Crippen LogP contribution is -2.37. The van der Waals surface area contributed by atoms with Gasteiger partial charge in [0.05, 0.1) is 16.1 Å². The molecule has 3 aromatic rings. The molecule has 130 valence electrons. The van der Waals surface area contributed by atoms with E-state index < -0.39 is 23.3 Å². The van der Waals surface area contributed by atoms with Crippen LogP contribution in [0.5, 0.6) is 0 Å². The summed E-state index contributed by atoms with van der Waals surface area (Å²) in [6.45, 7) is 0. The van der Waals surface area contributed by atoms with Gasteiger partial charge in [0.25, 0.3) is 5.56 Å². The highest BCUT2D eigenvalue weighted by molar-refractivity contribution is 7.16. The predicted octanol–water partition coefficient (Wildman–Crippen LogP) is 3.44. The van der Waals surface area contributed by atoms with Gasteiger partial charge in [-0.3, -0.25) is 9.59 Å². The fourth-order valence-electron chi connectivity index (χ4n) is 2.24. The van der Waals surface area contributed by atoms with Gasteiger partial charge in [-0.05, 0) is 18.2 Å². The normalized spacial score (nSPS) is 11.7. The summed E-state index contributed by atoms with van der Waals surface area (Å²) in [6.07, 6.45) is -4.92. The monoisotopic (exact) mass is 387 g/mol. The molecule has 2 heterocycles. The summed E-state index contributed by atoms with van der Waals surface area (Å²) in [4.78, 5) is 25.2. The Kier molecular flexibility index (Phi) is 4.53. The minimum Gasteiger partial charge on any atom is -0.273 e. The maximum atomic E-state index is 13.2. The molecule has 0 saturated heterocycles. The molecule has 0 radical (unpaired) electrons. The van der Waals surface area contributed by atoms with Gasteiger partial charge in [-0.1, -0.05) is 29.8 Å². The smallest absolute Gasteiger partial charge is 0.273 e. The fourth-order valence-corrected chi connectivity index (χ4v) is 3.32. The summed E-state index contributed by atoms with van der Waals surface area (Å²) < 4.78 is 40.1. The van der Waals surface area contributed by atoms with Crippen LogP contribution in [0.4, 0.5) is 13.2 Å². The molecule has 0 unspecified atom stereocenters. The number of fused-ring (bicyclic) bond motifs is 1. The van der Waals surface area contributed by atoms with Crippen molar-refractivity contribution >= 4 is 39.6 Å². The zero-order chi connectivity index (χ0) is 18.2. The number of hydrogen-bond acceptors (Lipinski definition) is 4. The van der Waals surface area contributed by atoms with Crippen molar-refractivity contribution in [3.05, 3.63) is 61.7 Å². The van der Waals surface area contributed by atoms with Crippen LogP contribution in [0, 0.1) is 0 Å². The second-order valence-electron chi connectivity index (χ2n) is 5.03. The van der Waals surface area contributed by atoms with Crippen LogP contribution in [-0.2, 0) is 17.4 Å². The van der Waals surface area contributed by atoms with E-state index in [2.05, 4.69) is 10.5 Å². The van der Waals surface area contributed by atoms with E-state index in [-0.39, 0.29) is 17.2 Å². The Morgan fingerprint density at radius 2 is 1.88 bits per heavy atom. The quantitative estimate of drug-likeness (QED) is 0.748. The average molecular weight is 388 g/mol. The molecule has 0 aliphatic carbocycles. The lowest BCUT2D eigenvalue weighted by Gasteiger charge is -2.13. The SMILES string of the molecule is O=C(Cc1ccc(Cl)s1)Nn1nc(C(F)(F)F)c2ccccc2c1=O. The van der Waals surface area contributed by atoms with Crippen molar-refractivity contribution in [2.24, 2.45) is 0 Å². The summed E-state index contributed by atoms with van der Waals surface area (Å²) in [6, 6.07) is 8.43. The van der Waals surface area contributed by atoms with Crippen LogP contribution in [0.25, 0.3) is 10.8 Å². The van der Waals surface area contributed by atoms with E-state index in [9.17, 15) is 22.8 Å². The summed E-state index contributed by atoms with van der Waals surface area (Å²) in [5, 5.41) is 2.77. The van der Waals surface area contributed by atoms with E-state index >= 15 is 0 Å². The first-order valence-electron chi connectivity index (χ1n) is 6.89. The molecule has 0 fully saturated rings. The third-order valence-electron chi connectivity index (χ3n) is 3.27. The summed E-state index contributed by atoms with van der Waals surface area (Å²) in [5.41, 5.74) is -0.00385. The van der Waals surface area contributed by atoms with Gasteiger partial charge in [0.1, 0.15) is 0 Å². The van der Waals surface area contributed by atoms with Crippen molar-refractivity contribution in [1.29, 1.82) is 0 Å². The Labute approximate surface area is 147 Å². The Bertz CT molecular complexity index is 1010. The first-order chi connectivity index (χ1) is 11.8.